The Bertz CT molecular complexity index is 1410. The molecule has 0 unspecified atom stereocenters. The fourth-order valence-electron chi connectivity index (χ4n) is 6.60. The number of rotatable bonds is 15. The lowest BCUT2D eigenvalue weighted by molar-refractivity contribution is -0.141. The lowest BCUT2D eigenvalue weighted by atomic mass is 9.67. The first-order valence-electron chi connectivity index (χ1n) is 15.3. The number of benzene rings is 1. The maximum absolute atomic E-state index is 14.1. The quantitative estimate of drug-likeness (QED) is 0.126. The Kier molecular flexibility index (Phi) is 11.4. The number of unbranched alkanes of at least 4 members (excludes halogenated alkanes) is 2. The van der Waals surface area contributed by atoms with E-state index in [0.29, 0.717) is 55.4 Å². The van der Waals surface area contributed by atoms with Crippen molar-refractivity contribution in [2.24, 2.45) is 17.8 Å². The van der Waals surface area contributed by atoms with E-state index in [-0.39, 0.29) is 37.8 Å². The van der Waals surface area contributed by atoms with Crippen LogP contribution in [0.15, 0.2) is 53.7 Å². The van der Waals surface area contributed by atoms with Crippen LogP contribution in [0.3, 0.4) is 0 Å². The molecule has 9 nitrogen and oxygen atoms in total. The lowest BCUT2D eigenvalue weighted by Crippen LogP contribution is -2.39. The number of aliphatic hydroxyl groups is 2. The third-order valence-electron chi connectivity index (χ3n) is 8.65. The lowest BCUT2D eigenvalue weighted by Gasteiger charge is -2.36. The van der Waals surface area contributed by atoms with Crippen molar-refractivity contribution in [3.8, 4) is 5.75 Å². The summed E-state index contributed by atoms with van der Waals surface area (Å²) in [5.41, 5.74) is 3.43. The van der Waals surface area contributed by atoms with Crippen LogP contribution >= 0.6 is 0 Å². The van der Waals surface area contributed by atoms with E-state index >= 15 is 0 Å². The SMILES string of the molecule is CCCC1=C([C@H](O)CC/C(=C/c2ccc(O)c(F)c2)c2ccccn2)[C@H](CO)[C@@H]2C(=O)N(CCCCCC(=O)O)C(=O)[C@@H]2C1. The van der Waals surface area contributed by atoms with Crippen molar-refractivity contribution < 1.29 is 39.2 Å². The van der Waals surface area contributed by atoms with Crippen molar-refractivity contribution in [1.82, 2.24) is 9.88 Å². The van der Waals surface area contributed by atoms with E-state index in [9.17, 15) is 34.1 Å². The van der Waals surface area contributed by atoms with Crippen LogP contribution in [0, 0.1) is 23.6 Å². The van der Waals surface area contributed by atoms with E-state index in [2.05, 4.69) is 4.98 Å². The largest absolute Gasteiger partial charge is 0.505 e. The third-order valence-corrected chi connectivity index (χ3v) is 8.65. The van der Waals surface area contributed by atoms with Crippen LogP contribution in [0.5, 0.6) is 5.75 Å². The third kappa shape index (κ3) is 7.60. The highest BCUT2D eigenvalue weighted by Gasteiger charge is 2.54. The number of aromatic nitrogens is 1. The number of nitrogens with zero attached hydrogens (tertiary/aromatic N) is 2. The first-order valence-corrected chi connectivity index (χ1v) is 15.3. The number of phenolic OH excluding ortho intramolecular Hbond substituents is 1. The van der Waals surface area contributed by atoms with Gasteiger partial charge in [0.15, 0.2) is 11.6 Å². The first-order chi connectivity index (χ1) is 21.2. The zero-order chi connectivity index (χ0) is 31.8. The Hall–Kier alpha value is -3.89. The minimum Gasteiger partial charge on any atom is -0.505 e. The number of carboxylic acids is 1. The van der Waals surface area contributed by atoms with Gasteiger partial charge in [-0.3, -0.25) is 24.3 Å². The average Bonchev–Trinajstić information content (AvgIpc) is 3.24. The van der Waals surface area contributed by atoms with E-state index in [1.54, 1.807) is 24.4 Å². The number of fused-ring (bicyclic) bond motifs is 1. The number of hydrogen-bond acceptors (Lipinski definition) is 7. The normalized spacial score (nSPS) is 21.1. The van der Waals surface area contributed by atoms with Gasteiger partial charge < -0.3 is 20.4 Å². The topological polar surface area (TPSA) is 148 Å². The predicted molar refractivity (Wildman–Crippen MR) is 162 cm³/mol. The molecule has 10 heteroatoms. The van der Waals surface area contributed by atoms with E-state index in [1.807, 2.05) is 19.1 Å². The molecule has 4 atom stereocenters. The molecule has 2 amide bonds. The van der Waals surface area contributed by atoms with Crippen molar-refractivity contribution >= 4 is 29.4 Å². The first kappa shape index (κ1) is 33.0. The molecule has 1 aromatic carbocycles. The van der Waals surface area contributed by atoms with Gasteiger partial charge in [0.2, 0.25) is 11.8 Å². The summed E-state index contributed by atoms with van der Waals surface area (Å²) in [5, 5.41) is 40.7. The van der Waals surface area contributed by atoms with Crippen LogP contribution in [0.1, 0.15) is 76.0 Å². The number of aliphatic hydroxyl groups excluding tert-OH is 2. The number of aromatic hydroxyl groups is 1. The summed E-state index contributed by atoms with van der Waals surface area (Å²) in [4.78, 5) is 43.4. The van der Waals surface area contributed by atoms with Crippen molar-refractivity contribution in [3.63, 3.8) is 0 Å². The molecule has 1 aliphatic carbocycles. The number of likely N-dealkylation sites (tertiary alicyclic amines) is 1. The predicted octanol–water partition coefficient (Wildman–Crippen LogP) is 4.96. The molecule has 44 heavy (non-hydrogen) atoms. The van der Waals surface area contributed by atoms with Crippen LogP contribution in [0.25, 0.3) is 11.6 Å². The molecule has 4 N–H and O–H groups in total. The van der Waals surface area contributed by atoms with Crippen LogP contribution < -0.4 is 0 Å². The molecule has 0 bridgehead atoms. The second kappa shape index (κ2) is 15.2. The highest BCUT2D eigenvalue weighted by atomic mass is 19.1. The Morgan fingerprint density at radius 1 is 1.14 bits per heavy atom. The number of imide groups is 1. The van der Waals surface area contributed by atoms with Gasteiger partial charge in [0.05, 0.1) is 30.2 Å². The van der Waals surface area contributed by atoms with Crippen molar-refractivity contribution in [3.05, 3.63) is 70.8 Å². The molecule has 1 aliphatic heterocycles. The van der Waals surface area contributed by atoms with E-state index in [4.69, 9.17) is 5.11 Å². The highest BCUT2D eigenvalue weighted by molar-refractivity contribution is 6.05. The number of amides is 2. The monoisotopic (exact) mass is 608 g/mol. The van der Waals surface area contributed by atoms with Crippen LogP contribution in [0.4, 0.5) is 4.39 Å². The summed E-state index contributed by atoms with van der Waals surface area (Å²) in [5.74, 6) is -4.75. The van der Waals surface area contributed by atoms with Gasteiger partial charge in [-0.05, 0) is 85.6 Å². The van der Waals surface area contributed by atoms with Crippen LogP contribution in [-0.4, -0.2) is 67.3 Å². The molecule has 1 fully saturated rings. The number of allylic oxidation sites excluding steroid dienone is 2. The summed E-state index contributed by atoms with van der Waals surface area (Å²) < 4.78 is 14.1. The Labute approximate surface area is 256 Å². The van der Waals surface area contributed by atoms with Gasteiger partial charge in [0.25, 0.3) is 0 Å². The molecule has 0 radical (unpaired) electrons. The molecule has 0 spiro atoms. The van der Waals surface area contributed by atoms with Gasteiger partial charge in [-0.25, -0.2) is 4.39 Å². The molecule has 1 aromatic heterocycles. The van der Waals surface area contributed by atoms with Gasteiger partial charge in [-0.1, -0.05) is 37.5 Å². The summed E-state index contributed by atoms with van der Waals surface area (Å²) in [6.07, 6.45) is 6.32. The van der Waals surface area contributed by atoms with Gasteiger partial charge in [-0.2, -0.15) is 0 Å². The number of carboxylic acid groups (broad SMARTS) is 1. The van der Waals surface area contributed by atoms with E-state index < -0.39 is 41.4 Å². The molecule has 2 heterocycles. The number of hydrogen-bond donors (Lipinski definition) is 4. The zero-order valence-electron chi connectivity index (χ0n) is 25.0. The zero-order valence-corrected chi connectivity index (χ0v) is 25.0. The molecule has 2 aromatic rings. The Morgan fingerprint density at radius 3 is 2.59 bits per heavy atom. The van der Waals surface area contributed by atoms with Crippen molar-refractivity contribution in [1.29, 1.82) is 0 Å². The molecular weight excluding hydrogens is 567 g/mol. The molecule has 0 saturated carbocycles. The average molecular weight is 609 g/mol. The molecular formula is C34H41FN2O7. The standard InChI is InChI=1S/C34H41FN2O7/c1-2-8-23-19-24-32(34(44)37(33(24)43)16-7-3-4-10-30(41)42)25(20-38)31(23)29(40)14-12-22(27-9-5-6-15-36-27)17-21-11-13-28(39)26(35)18-21/h5-6,9,11,13,15,17-18,24-25,29,32,38-40H,2-4,7-8,10,12,14,16,19-20H2,1H3,(H,41,42)/b22-17-/t24-,25+,29-,32-/m1/s1. The number of halogens is 1. The van der Waals surface area contributed by atoms with Crippen molar-refractivity contribution in [2.75, 3.05) is 13.2 Å². The van der Waals surface area contributed by atoms with Crippen molar-refractivity contribution in [2.45, 2.75) is 70.8 Å². The Balaban J connectivity index is 1.56. The van der Waals surface area contributed by atoms with E-state index in [0.717, 1.165) is 17.6 Å². The number of aliphatic carboxylic acids is 1. The molecule has 4 rings (SSSR count). The minimum absolute atomic E-state index is 0.0361. The fraction of sp³-hybridized carbons (Fsp3) is 0.471. The Morgan fingerprint density at radius 2 is 1.93 bits per heavy atom. The summed E-state index contributed by atoms with van der Waals surface area (Å²) in [7, 11) is 0. The molecule has 1 saturated heterocycles. The van der Waals surface area contributed by atoms with Gasteiger partial charge in [0, 0.05) is 25.1 Å². The van der Waals surface area contributed by atoms with Crippen LogP contribution in [0.2, 0.25) is 0 Å². The highest BCUT2D eigenvalue weighted by Crippen LogP contribution is 2.47. The summed E-state index contributed by atoms with van der Waals surface area (Å²) >= 11 is 0. The minimum atomic E-state index is -0.994. The maximum Gasteiger partial charge on any atom is 0.303 e. The van der Waals surface area contributed by atoms with Gasteiger partial charge in [0.1, 0.15) is 0 Å². The number of carbonyl (C=O) groups excluding carboxylic acids is 2. The summed E-state index contributed by atoms with van der Waals surface area (Å²) in [6, 6.07) is 9.51. The second-order valence-corrected chi connectivity index (χ2v) is 11.6. The number of pyridine rings is 1. The molecule has 2 aliphatic rings. The number of phenols is 1. The second-order valence-electron chi connectivity index (χ2n) is 11.6. The fourth-order valence-corrected chi connectivity index (χ4v) is 6.60. The number of carbonyl (C=O) groups is 3. The van der Waals surface area contributed by atoms with E-state index in [1.165, 1.54) is 17.0 Å². The smallest absolute Gasteiger partial charge is 0.303 e. The molecule has 236 valence electrons. The van der Waals surface area contributed by atoms with Gasteiger partial charge >= 0.3 is 5.97 Å². The summed E-state index contributed by atoms with van der Waals surface area (Å²) in [6.45, 7) is 1.82. The van der Waals surface area contributed by atoms with Crippen LogP contribution in [-0.2, 0) is 14.4 Å². The maximum atomic E-state index is 14.1. The van der Waals surface area contributed by atoms with Gasteiger partial charge in [-0.15, -0.1) is 0 Å².